The van der Waals surface area contributed by atoms with Crippen molar-refractivity contribution in [2.45, 2.75) is 27.3 Å². The van der Waals surface area contributed by atoms with E-state index < -0.39 is 0 Å². The number of carbonyl (C=O) groups is 1. The zero-order valence-corrected chi connectivity index (χ0v) is 15.2. The molecule has 0 N–H and O–H groups in total. The molecule has 0 saturated carbocycles. The maximum absolute atomic E-state index is 12.8. The van der Waals surface area contributed by atoms with E-state index in [0.717, 1.165) is 36.1 Å². The highest BCUT2D eigenvalue weighted by Gasteiger charge is 2.25. The molecule has 1 aliphatic rings. The fourth-order valence-corrected chi connectivity index (χ4v) is 2.93. The Hall–Kier alpha value is -2.41. The van der Waals surface area contributed by atoms with Crippen LogP contribution in [0.3, 0.4) is 0 Å². The van der Waals surface area contributed by atoms with Crippen LogP contribution in [0, 0.1) is 20.8 Å². The van der Waals surface area contributed by atoms with Gasteiger partial charge in [-0.05, 0) is 32.9 Å². The molecule has 3 heterocycles. The van der Waals surface area contributed by atoms with Gasteiger partial charge in [0, 0.05) is 31.9 Å². The quantitative estimate of drug-likeness (QED) is 0.844. The predicted molar refractivity (Wildman–Crippen MR) is 92.7 cm³/mol. The highest BCUT2D eigenvalue weighted by Crippen LogP contribution is 2.19. The number of carbonyl (C=O) groups excluding carboxylic acids is 1. The van der Waals surface area contributed by atoms with Crippen LogP contribution in [0.25, 0.3) is 0 Å². The maximum atomic E-state index is 12.8. The van der Waals surface area contributed by atoms with Gasteiger partial charge in [0.1, 0.15) is 11.3 Å². The van der Waals surface area contributed by atoms with Gasteiger partial charge in [-0.2, -0.15) is 0 Å². The Labute approximate surface area is 147 Å². The summed E-state index contributed by atoms with van der Waals surface area (Å²) in [6.45, 7) is 9.31. The molecular weight excluding hydrogens is 320 g/mol. The van der Waals surface area contributed by atoms with Crippen LogP contribution in [-0.2, 0) is 6.54 Å². The molecule has 0 atom stereocenters. The van der Waals surface area contributed by atoms with E-state index in [1.54, 1.807) is 6.07 Å². The highest BCUT2D eigenvalue weighted by molar-refractivity contribution is 5.96. The van der Waals surface area contributed by atoms with Crippen molar-refractivity contribution in [1.29, 1.82) is 0 Å². The second-order valence-corrected chi connectivity index (χ2v) is 6.33. The lowest BCUT2D eigenvalue weighted by molar-refractivity contribution is 0.0614. The third-order valence-corrected chi connectivity index (χ3v) is 4.51. The zero-order chi connectivity index (χ0) is 18.0. The third kappa shape index (κ3) is 3.82. The third-order valence-electron chi connectivity index (χ3n) is 4.51. The molecule has 1 amide bonds. The summed E-state index contributed by atoms with van der Waals surface area (Å²) in [5.41, 5.74) is 2.28. The second kappa shape index (κ2) is 7.23. The SMILES string of the molecule is COc1nc(C)ccc1C(=O)N1CCN(Cc2nc(C)c(C)o2)CC1. The molecular formula is C18H24N4O3. The summed E-state index contributed by atoms with van der Waals surface area (Å²) < 4.78 is 10.9. The van der Waals surface area contributed by atoms with E-state index in [9.17, 15) is 4.79 Å². The summed E-state index contributed by atoms with van der Waals surface area (Å²) in [4.78, 5) is 25.6. The van der Waals surface area contributed by atoms with Crippen LogP contribution in [0.15, 0.2) is 16.5 Å². The summed E-state index contributed by atoms with van der Waals surface area (Å²) >= 11 is 0. The smallest absolute Gasteiger partial charge is 0.259 e. The van der Waals surface area contributed by atoms with Crippen molar-refractivity contribution in [3.05, 3.63) is 40.7 Å². The topological polar surface area (TPSA) is 71.7 Å². The number of piperazine rings is 1. The molecule has 1 saturated heterocycles. The average Bonchev–Trinajstić information content (AvgIpc) is 2.92. The Bertz CT molecular complexity index is 744. The van der Waals surface area contributed by atoms with Crippen LogP contribution in [-0.4, -0.2) is 59.0 Å². The average molecular weight is 344 g/mol. The minimum atomic E-state index is -0.0354. The molecule has 3 rings (SSSR count). The second-order valence-electron chi connectivity index (χ2n) is 6.33. The summed E-state index contributed by atoms with van der Waals surface area (Å²) in [7, 11) is 1.54. The molecule has 0 aliphatic carbocycles. The van der Waals surface area contributed by atoms with Crippen LogP contribution >= 0.6 is 0 Å². The first-order valence-corrected chi connectivity index (χ1v) is 8.44. The number of aryl methyl sites for hydroxylation is 3. The molecule has 0 radical (unpaired) electrons. The molecule has 2 aromatic rings. The van der Waals surface area contributed by atoms with Crippen molar-refractivity contribution >= 4 is 5.91 Å². The largest absolute Gasteiger partial charge is 0.480 e. The number of aromatic nitrogens is 2. The predicted octanol–water partition coefficient (Wildman–Crippen LogP) is 1.96. The van der Waals surface area contributed by atoms with Crippen molar-refractivity contribution in [3.63, 3.8) is 0 Å². The molecule has 25 heavy (non-hydrogen) atoms. The van der Waals surface area contributed by atoms with E-state index in [-0.39, 0.29) is 5.91 Å². The summed E-state index contributed by atoms with van der Waals surface area (Å²) in [6, 6.07) is 3.62. The minimum Gasteiger partial charge on any atom is -0.480 e. The van der Waals surface area contributed by atoms with E-state index in [4.69, 9.17) is 9.15 Å². The number of rotatable bonds is 4. The molecule has 0 unspecified atom stereocenters. The van der Waals surface area contributed by atoms with Crippen molar-refractivity contribution in [1.82, 2.24) is 19.8 Å². The van der Waals surface area contributed by atoms with Gasteiger partial charge in [-0.25, -0.2) is 9.97 Å². The summed E-state index contributed by atoms with van der Waals surface area (Å²) in [5, 5.41) is 0. The van der Waals surface area contributed by atoms with Crippen LogP contribution in [0.4, 0.5) is 0 Å². The number of oxazole rings is 1. The van der Waals surface area contributed by atoms with Gasteiger partial charge >= 0.3 is 0 Å². The molecule has 0 bridgehead atoms. The van der Waals surface area contributed by atoms with Crippen molar-refractivity contribution < 1.29 is 13.9 Å². The molecule has 7 heteroatoms. The number of nitrogens with zero attached hydrogens (tertiary/aromatic N) is 4. The fraction of sp³-hybridized carbons (Fsp3) is 0.500. The minimum absolute atomic E-state index is 0.0354. The molecule has 7 nitrogen and oxygen atoms in total. The normalized spacial score (nSPS) is 15.4. The standard InChI is InChI=1S/C18H24N4O3/c1-12-5-6-15(17(19-12)24-4)18(23)22-9-7-21(8-10-22)11-16-20-13(2)14(3)25-16/h5-6H,7-11H2,1-4H3. The Morgan fingerprint density at radius 2 is 1.88 bits per heavy atom. The van der Waals surface area contributed by atoms with E-state index in [0.29, 0.717) is 31.1 Å². The first-order chi connectivity index (χ1) is 12.0. The lowest BCUT2D eigenvalue weighted by Crippen LogP contribution is -2.48. The molecule has 1 fully saturated rings. The van der Waals surface area contributed by atoms with Crippen molar-refractivity contribution in [2.24, 2.45) is 0 Å². The van der Waals surface area contributed by atoms with E-state index in [1.807, 2.05) is 31.7 Å². The Kier molecular flexibility index (Phi) is 5.03. The number of hydrogen-bond donors (Lipinski definition) is 0. The summed E-state index contributed by atoms with van der Waals surface area (Å²) in [6.07, 6.45) is 0. The van der Waals surface area contributed by atoms with Gasteiger partial charge < -0.3 is 14.1 Å². The first-order valence-electron chi connectivity index (χ1n) is 8.44. The Morgan fingerprint density at radius 1 is 1.16 bits per heavy atom. The van der Waals surface area contributed by atoms with Gasteiger partial charge in [-0.1, -0.05) is 0 Å². The fourth-order valence-electron chi connectivity index (χ4n) is 2.93. The van der Waals surface area contributed by atoms with Crippen LogP contribution in [0.2, 0.25) is 0 Å². The van der Waals surface area contributed by atoms with E-state index in [2.05, 4.69) is 14.9 Å². The van der Waals surface area contributed by atoms with Crippen molar-refractivity contribution in [2.75, 3.05) is 33.3 Å². The van der Waals surface area contributed by atoms with Crippen LogP contribution < -0.4 is 4.74 Å². The van der Waals surface area contributed by atoms with Gasteiger partial charge in [-0.3, -0.25) is 9.69 Å². The number of pyridine rings is 1. The molecule has 0 aromatic carbocycles. The molecule has 134 valence electrons. The van der Waals surface area contributed by atoms with Gasteiger partial charge in [-0.15, -0.1) is 0 Å². The molecule has 0 spiro atoms. The van der Waals surface area contributed by atoms with E-state index in [1.165, 1.54) is 7.11 Å². The summed E-state index contributed by atoms with van der Waals surface area (Å²) in [5.74, 6) is 1.95. The lowest BCUT2D eigenvalue weighted by atomic mass is 10.2. The van der Waals surface area contributed by atoms with Crippen molar-refractivity contribution in [3.8, 4) is 5.88 Å². The number of ether oxygens (including phenoxy) is 1. The van der Waals surface area contributed by atoms with Gasteiger partial charge in [0.2, 0.25) is 11.8 Å². The molecule has 2 aromatic heterocycles. The Morgan fingerprint density at radius 3 is 2.48 bits per heavy atom. The van der Waals surface area contributed by atoms with Crippen LogP contribution in [0.1, 0.15) is 33.4 Å². The maximum Gasteiger partial charge on any atom is 0.259 e. The highest BCUT2D eigenvalue weighted by atomic mass is 16.5. The molecule has 1 aliphatic heterocycles. The Balaban J connectivity index is 1.61. The zero-order valence-electron chi connectivity index (χ0n) is 15.2. The van der Waals surface area contributed by atoms with Gasteiger partial charge in [0.25, 0.3) is 5.91 Å². The number of amides is 1. The lowest BCUT2D eigenvalue weighted by Gasteiger charge is -2.34. The monoisotopic (exact) mass is 344 g/mol. The van der Waals surface area contributed by atoms with E-state index >= 15 is 0 Å². The van der Waals surface area contributed by atoms with Gasteiger partial charge in [0.05, 0.1) is 19.3 Å². The number of methoxy groups -OCH3 is 1. The van der Waals surface area contributed by atoms with Crippen LogP contribution in [0.5, 0.6) is 5.88 Å². The number of hydrogen-bond acceptors (Lipinski definition) is 6. The first kappa shape index (κ1) is 17.4. The van der Waals surface area contributed by atoms with Gasteiger partial charge in [0.15, 0.2) is 0 Å².